The fourth-order valence-corrected chi connectivity index (χ4v) is 4.40. The van der Waals surface area contributed by atoms with Gasteiger partial charge in [0.2, 0.25) is 5.91 Å². The van der Waals surface area contributed by atoms with E-state index in [1.807, 2.05) is 12.1 Å². The van der Waals surface area contributed by atoms with Gasteiger partial charge < -0.3 is 5.32 Å². The summed E-state index contributed by atoms with van der Waals surface area (Å²) in [7, 11) is 0. The van der Waals surface area contributed by atoms with Gasteiger partial charge in [0, 0.05) is 17.8 Å². The van der Waals surface area contributed by atoms with Crippen LogP contribution in [0.2, 0.25) is 4.34 Å². The minimum absolute atomic E-state index is 0.0990. The van der Waals surface area contributed by atoms with Gasteiger partial charge in [0.05, 0.1) is 10.4 Å². The lowest BCUT2D eigenvalue weighted by Gasteiger charge is -2.29. The summed E-state index contributed by atoms with van der Waals surface area (Å²) in [5.74, 6) is 0.0990. The first-order chi connectivity index (χ1) is 11.1. The van der Waals surface area contributed by atoms with Gasteiger partial charge in [-0.3, -0.25) is 9.69 Å². The summed E-state index contributed by atoms with van der Waals surface area (Å²) in [6, 6.07) is 6.26. The first-order valence-corrected chi connectivity index (χ1v) is 10.0. The molecule has 126 valence electrons. The van der Waals surface area contributed by atoms with Gasteiger partial charge in [0.25, 0.3) is 0 Å². The number of rotatable bonds is 9. The van der Waals surface area contributed by atoms with Gasteiger partial charge in [0.15, 0.2) is 0 Å². The standard InChI is InChI=1S/C17H23ClN2OS2/c1-3-20(4-2)15(13-9-10-22-12-13)11-19-17(21)8-6-14-5-7-16(18)23-14/h5,7,9-10,12,15H,3-4,6,8,11H2,1-2H3,(H,19,21). The smallest absolute Gasteiger partial charge is 0.220 e. The molecule has 0 saturated carbocycles. The van der Waals surface area contributed by atoms with E-state index in [0.29, 0.717) is 13.0 Å². The molecule has 6 heteroatoms. The molecule has 0 aliphatic rings. The van der Waals surface area contributed by atoms with Crippen LogP contribution in [0.15, 0.2) is 29.0 Å². The van der Waals surface area contributed by atoms with Crippen molar-refractivity contribution in [1.29, 1.82) is 0 Å². The highest BCUT2D eigenvalue weighted by Gasteiger charge is 2.19. The predicted molar refractivity (Wildman–Crippen MR) is 101 cm³/mol. The first-order valence-electron chi connectivity index (χ1n) is 7.91. The van der Waals surface area contributed by atoms with E-state index >= 15 is 0 Å². The molecule has 2 aromatic heterocycles. The molecule has 0 aliphatic heterocycles. The molecular formula is C17H23ClN2OS2. The second-order valence-corrected chi connectivity index (χ2v) is 7.88. The zero-order chi connectivity index (χ0) is 16.7. The number of nitrogens with zero attached hydrogens (tertiary/aromatic N) is 1. The third-order valence-electron chi connectivity index (χ3n) is 3.90. The van der Waals surface area contributed by atoms with Gasteiger partial charge in [-0.05, 0) is 54.0 Å². The van der Waals surface area contributed by atoms with Crippen molar-refractivity contribution in [1.82, 2.24) is 10.2 Å². The monoisotopic (exact) mass is 370 g/mol. The molecule has 0 radical (unpaired) electrons. The van der Waals surface area contributed by atoms with Crippen LogP contribution < -0.4 is 5.32 Å². The summed E-state index contributed by atoms with van der Waals surface area (Å²) >= 11 is 9.16. The highest BCUT2D eigenvalue weighted by Crippen LogP contribution is 2.23. The molecule has 0 spiro atoms. The second-order valence-electron chi connectivity index (χ2n) is 5.30. The molecule has 1 amide bonds. The van der Waals surface area contributed by atoms with Gasteiger partial charge in [-0.1, -0.05) is 25.4 Å². The van der Waals surface area contributed by atoms with Gasteiger partial charge >= 0.3 is 0 Å². The second kappa shape index (κ2) is 9.42. The molecule has 1 unspecified atom stereocenters. The summed E-state index contributed by atoms with van der Waals surface area (Å²) in [6.45, 7) is 6.92. The average molecular weight is 371 g/mol. The van der Waals surface area contributed by atoms with Gasteiger partial charge in [-0.25, -0.2) is 0 Å². The SMILES string of the molecule is CCN(CC)C(CNC(=O)CCc1ccc(Cl)s1)c1ccsc1. The molecule has 1 N–H and O–H groups in total. The topological polar surface area (TPSA) is 32.3 Å². The largest absolute Gasteiger partial charge is 0.354 e. The number of amides is 1. The molecule has 0 aliphatic carbocycles. The summed E-state index contributed by atoms with van der Waals surface area (Å²) in [6.07, 6.45) is 1.25. The maximum absolute atomic E-state index is 12.1. The van der Waals surface area contributed by atoms with Crippen LogP contribution in [0, 0.1) is 0 Å². The number of likely N-dealkylation sites (N-methyl/N-ethyl adjacent to an activating group) is 1. The van der Waals surface area contributed by atoms with E-state index in [2.05, 4.69) is 40.9 Å². The maximum atomic E-state index is 12.1. The van der Waals surface area contributed by atoms with Crippen molar-refractivity contribution in [2.24, 2.45) is 0 Å². The molecule has 23 heavy (non-hydrogen) atoms. The number of halogens is 1. The Morgan fingerprint density at radius 2 is 2.09 bits per heavy atom. The van der Waals surface area contributed by atoms with Crippen molar-refractivity contribution in [2.75, 3.05) is 19.6 Å². The summed E-state index contributed by atoms with van der Waals surface area (Å²) in [5, 5.41) is 7.35. The third-order valence-corrected chi connectivity index (χ3v) is 5.89. The van der Waals surface area contributed by atoms with E-state index in [-0.39, 0.29) is 11.9 Å². The van der Waals surface area contributed by atoms with Crippen molar-refractivity contribution >= 4 is 40.2 Å². The van der Waals surface area contributed by atoms with Crippen molar-refractivity contribution in [3.63, 3.8) is 0 Å². The number of carbonyl (C=O) groups excluding carboxylic acids is 1. The molecule has 1 atom stereocenters. The van der Waals surface area contributed by atoms with Gasteiger partial charge in [-0.15, -0.1) is 11.3 Å². The molecule has 3 nitrogen and oxygen atoms in total. The van der Waals surface area contributed by atoms with Gasteiger partial charge in [0.1, 0.15) is 0 Å². The number of carbonyl (C=O) groups is 1. The highest BCUT2D eigenvalue weighted by molar-refractivity contribution is 7.16. The minimum atomic E-state index is 0.0990. The van der Waals surface area contributed by atoms with Crippen LogP contribution in [0.3, 0.4) is 0 Å². The van der Waals surface area contributed by atoms with E-state index in [0.717, 1.165) is 28.7 Å². The van der Waals surface area contributed by atoms with Crippen LogP contribution in [0.5, 0.6) is 0 Å². The number of aryl methyl sites for hydroxylation is 1. The van der Waals surface area contributed by atoms with Crippen molar-refractivity contribution < 1.29 is 4.79 Å². The Bertz CT molecular complexity index is 594. The third kappa shape index (κ3) is 5.60. The number of hydrogen-bond donors (Lipinski definition) is 1. The van der Waals surface area contributed by atoms with E-state index in [1.165, 1.54) is 5.56 Å². The van der Waals surface area contributed by atoms with Crippen LogP contribution in [-0.4, -0.2) is 30.4 Å². The molecule has 2 heterocycles. The number of nitrogens with one attached hydrogen (secondary N) is 1. The molecule has 2 rings (SSSR count). The Morgan fingerprint density at radius 1 is 1.30 bits per heavy atom. The molecule has 0 bridgehead atoms. The van der Waals surface area contributed by atoms with Gasteiger partial charge in [-0.2, -0.15) is 11.3 Å². The first kappa shape index (κ1) is 18.5. The average Bonchev–Trinajstić information content (AvgIpc) is 3.21. The normalized spacial score (nSPS) is 12.5. The zero-order valence-corrected chi connectivity index (χ0v) is 15.9. The highest BCUT2D eigenvalue weighted by atomic mass is 35.5. The van der Waals surface area contributed by atoms with Crippen molar-refractivity contribution in [3.8, 4) is 0 Å². The fraction of sp³-hybridized carbons (Fsp3) is 0.471. The number of hydrogen-bond acceptors (Lipinski definition) is 4. The summed E-state index contributed by atoms with van der Waals surface area (Å²) in [5.41, 5.74) is 1.28. The predicted octanol–water partition coefficient (Wildman–Crippen LogP) is 4.59. The van der Waals surface area contributed by atoms with E-state index in [4.69, 9.17) is 11.6 Å². The summed E-state index contributed by atoms with van der Waals surface area (Å²) < 4.78 is 0.777. The lowest BCUT2D eigenvalue weighted by molar-refractivity contribution is -0.121. The minimum Gasteiger partial charge on any atom is -0.354 e. The van der Waals surface area contributed by atoms with E-state index in [9.17, 15) is 4.79 Å². The van der Waals surface area contributed by atoms with Crippen LogP contribution >= 0.6 is 34.3 Å². The van der Waals surface area contributed by atoms with Crippen LogP contribution in [0.25, 0.3) is 0 Å². The van der Waals surface area contributed by atoms with Crippen LogP contribution in [-0.2, 0) is 11.2 Å². The molecule has 0 aromatic carbocycles. The Labute approximate surface area is 151 Å². The lowest BCUT2D eigenvalue weighted by atomic mass is 10.1. The molecular weight excluding hydrogens is 348 g/mol. The molecule has 0 saturated heterocycles. The van der Waals surface area contributed by atoms with E-state index in [1.54, 1.807) is 22.7 Å². The van der Waals surface area contributed by atoms with Crippen molar-refractivity contribution in [2.45, 2.75) is 32.7 Å². The Balaban J connectivity index is 1.86. The van der Waals surface area contributed by atoms with Crippen LogP contribution in [0.1, 0.15) is 36.8 Å². The lowest BCUT2D eigenvalue weighted by Crippen LogP contribution is -2.37. The van der Waals surface area contributed by atoms with E-state index < -0.39 is 0 Å². The molecule has 2 aromatic rings. The molecule has 0 fully saturated rings. The zero-order valence-electron chi connectivity index (χ0n) is 13.5. The Kier molecular flexibility index (Phi) is 7.56. The Hall–Kier alpha value is -0.880. The van der Waals surface area contributed by atoms with Crippen molar-refractivity contribution in [3.05, 3.63) is 43.7 Å². The quantitative estimate of drug-likeness (QED) is 0.699. The maximum Gasteiger partial charge on any atom is 0.220 e. The fourth-order valence-electron chi connectivity index (χ4n) is 2.61. The number of thiophene rings is 2. The van der Waals surface area contributed by atoms with Crippen LogP contribution in [0.4, 0.5) is 0 Å². The summed E-state index contributed by atoms with van der Waals surface area (Å²) in [4.78, 5) is 15.7. The Morgan fingerprint density at radius 3 is 2.65 bits per heavy atom.